The van der Waals surface area contributed by atoms with E-state index in [1.807, 2.05) is 13.8 Å². The lowest BCUT2D eigenvalue weighted by molar-refractivity contribution is -0.147. The smallest absolute Gasteiger partial charge is 0.227 e. The lowest BCUT2D eigenvalue weighted by atomic mass is 10.3. The number of rotatable bonds is 1. The van der Waals surface area contributed by atoms with E-state index in [9.17, 15) is 26.3 Å². The first-order valence-electron chi connectivity index (χ1n) is 5.04. The molecule has 19 heavy (non-hydrogen) atoms. The fourth-order valence-corrected chi connectivity index (χ4v) is 0.937. The maximum absolute atomic E-state index is 12.2. The third kappa shape index (κ3) is 5.11. The first-order valence-corrected chi connectivity index (χ1v) is 5.04. The second kappa shape index (κ2) is 6.36. The van der Waals surface area contributed by atoms with Gasteiger partial charge in [0.05, 0.1) is 12.5 Å². The summed E-state index contributed by atoms with van der Waals surface area (Å²) < 4.78 is 73.4. The molecule has 1 rings (SSSR count). The zero-order valence-electron chi connectivity index (χ0n) is 9.89. The van der Waals surface area contributed by atoms with Gasteiger partial charge in [-0.2, -0.15) is 31.6 Å². The summed E-state index contributed by atoms with van der Waals surface area (Å²) in [6, 6.07) is 1.19. The van der Waals surface area contributed by atoms with Gasteiger partial charge >= 0.3 is 12.4 Å². The van der Waals surface area contributed by atoms with Crippen LogP contribution in [0.25, 0.3) is 0 Å². The van der Waals surface area contributed by atoms with Crippen molar-refractivity contribution in [2.45, 2.75) is 32.6 Å². The summed E-state index contributed by atoms with van der Waals surface area (Å²) in [5, 5.41) is 8.21. The van der Waals surface area contributed by atoms with Gasteiger partial charge in [0.2, 0.25) is 0 Å². The molecule has 0 aliphatic carbocycles. The number of hydrogen-bond acceptors (Lipinski definition) is 3. The predicted molar refractivity (Wildman–Crippen MR) is 52.7 cm³/mol. The normalized spacial score (nSPS) is 11.3. The van der Waals surface area contributed by atoms with Crippen LogP contribution in [-0.2, 0) is 18.8 Å². The molecular weight excluding hydrogens is 276 g/mol. The van der Waals surface area contributed by atoms with Crippen LogP contribution in [0.3, 0.4) is 0 Å². The van der Waals surface area contributed by atoms with Crippen molar-refractivity contribution in [3.63, 3.8) is 0 Å². The number of nitrogens with zero attached hydrogens (tertiary/aromatic N) is 3. The molecular formula is C10H9F6N3. The van der Waals surface area contributed by atoms with Gasteiger partial charge in [0.25, 0.3) is 0 Å². The van der Waals surface area contributed by atoms with Gasteiger partial charge in [0.1, 0.15) is 17.2 Å². The fourth-order valence-electron chi connectivity index (χ4n) is 0.937. The molecule has 1 aromatic rings. The summed E-state index contributed by atoms with van der Waals surface area (Å²) in [5.41, 5.74) is -3.44. The first-order chi connectivity index (χ1) is 8.64. The second-order valence-corrected chi connectivity index (χ2v) is 2.89. The number of alkyl halides is 6. The van der Waals surface area contributed by atoms with E-state index in [1.165, 1.54) is 6.07 Å². The maximum Gasteiger partial charge on any atom is 0.433 e. The van der Waals surface area contributed by atoms with E-state index in [1.54, 1.807) is 0 Å². The third-order valence-electron chi connectivity index (χ3n) is 1.59. The van der Waals surface area contributed by atoms with Crippen molar-refractivity contribution in [1.82, 2.24) is 9.97 Å². The number of aromatic nitrogens is 2. The van der Waals surface area contributed by atoms with Gasteiger partial charge in [0, 0.05) is 0 Å². The zero-order chi connectivity index (χ0) is 15.3. The van der Waals surface area contributed by atoms with Crippen LogP contribution in [0.5, 0.6) is 0 Å². The Morgan fingerprint density at radius 2 is 1.37 bits per heavy atom. The molecule has 0 bridgehead atoms. The first kappa shape index (κ1) is 17.2. The minimum absolute atomic E-state index is 0.194. The van der Waals surface area contributed by atoms with Crippen molar-refractivity contribution >= 4 is 0 Å². The highest BCUT2D eigenvalue weighted by Gasteiger charge is 2.39. The zero-order valence-corrected chi connectivity index (χ0v) is 9.89. The van der Waals surface area contributed by atoms with Crippen molar-refractivity contribution in [1.29, 1.82) is 5.26 Å². The highest BCUT2D eigenvalue weighted by Crippen LogP contribution is 2.33. The highest BCUT2D eigenvalue weighted by molar-refractivity contribution is 5.17. The number of hydrogen-bond donors (Lipinski definition) is 0. The Morgan fingerprint density at radius 1 is 1.00 bits per heavy atom. The van der Waals surface area contributed by atoms with Crippen LogP contribution < -0.4 is 0 Å². The van der Waals surface area contributed by atoms with E-state index in [0.29, 0.717) is 0 Å². The molecule has 0 aliphatic heterocycles. The van der Waals surface area contributed by atoms with E-state index in [0.717, 1.165) is 0 Å². The van der Waals surface area contributed by atoms with Gasteiger partial charge in [-0.3, -0.25) is 0 Å². The Morgan fingerprint density at radius 3 is 1.63 bits per heavy atom. The molecule has 0 aromatic carbocycles. The van der Waals surface area contributed by atoms with Gasteiger partial charge in [0.15, 0.2) is 0 Å². The summed E-state index contributed by atoms with van der Waals surface area (Å²) in [5.74, 6) is -0.811. The predicted octanol–water partition coefficient (Wildman–Crippen LogP) is 3.61. The molecule has 3 nitrogen and oxygen atoms in total. The second-order valence-electron chi connectivity index (χ2n) is 2.89. The van der Waals surface area contributed by atoms with Crippen LogP contribution >= 0.6 is 0 Å². The number of halogens is 6. The monoisotopic (exact) mass is 285 g/mol. The summed E-state index contributed by atoms with van der Waals surface area (Å²) >= 11 is 0. The molecule has 0 saturated heterocycles. The number of nitriles is 1. The molecule has 0 amide bonds. The molecule has 0 unspecified atom stereocenters. The van der Waals surface area contributed by atoms with E-state index in [-0.39, 0.29) is 6.07 Å². The van der Waals surface area contributed by atoms with E-state index >= 15 is 0 Å². The standard InChI is InChI=1S/C8H3F6N3.C2H6/c9-7(10,11)4-3-5(8(12,13)14)17-6(16-4)1-2-15;1-2/h3H,1H2;1-2H3. The average molecular weight is 285 g/mol. The minimum atomic E-state index is -5.02. The lowest BCUT2D eigenvalue weighted by Gasteiger charge is -2.11. The van der Waals surface area contributed by atoms with Crippen molar-refractivity contribution < 1.29 is 26.3 Å². The highest BCUT2D eigenvalue weighted by atomic mass is 19.4. The van der Waals surface area contributed by atoms with Gasteiger partial charge in [-0.05, 0) is 6.07 Å². The van der Waals surface area contributed by atoms with Gasteiger partial charge in [-0.25, -0.2) is 9.97 Å². The molecule has 0 saturated carbocycles. The Kier molecular flexibility index (Phi) is 5.74. The Balaban J connectivity index is 0.00000154. The van der Waals surface area contributed by atoms with Crippen molar-refractivity contribution in [2.75, 3.05) is 0 Å². The third-order valence-corrected chi connectivity index (χ3v) is 1.59. The van der Waals surface area contributed by atoms with Crippen molar-refractivity contribution in [3.05, 3.63) is 23.3 Å². The SMILES string of the molecule is CC.N#CCc1nc(C(F)(F)F)cc(C(F)(F)F)n1. The summed E-state index contributed by atoms with van der Waals surface area (Å²) in [6.45, 7) is 4.00. The molecule has 0 fully saturated rings. The van der Waals surface area contributed by atoms with Crippen LogP contribution in [-0.4, -0.2) is 9.97 Å². The molecule has 106 valence electrons. The molecule has 0 atom stereocenters. The molecule has 0 radical (unpaired) electrons. The topological polar surface area (TPSA) is 49.6 Å². The van der Waals surface area contributed by atoms with Crippen molar-refractivity contribution in [3.8, 4) is 6.07 Å². The molecule has 1 heterocycles. The van der Waals surface area contributed by atoms with Crippen LogP contribution in [0, 0.1) is 11.3 Å². The van der Waals surface area contributed by atoms with Gasteiger partial charge in [-0.1, -0.05) is 13.8 Å². The largest absolute Gasteiger partial charge is 0.433 e. The summed E-state index contributed by atoms with van der Waals surface area (Å²) in [7, 11) is 0. The quantitative estimate of drug-likeness (QED) is 0.741. The average Bonchev–Trinajstić information content (AvgIpc) is 2.29. The summed E-state index contributed by atoms with van der Waals surface area (Å²) in [4.78, 5) is 5.70. The van der Waals surface area contributed by atoms with Gasteiger partial charge < -0.3 is 0 Å². The van der Waals surface area contributed by atoms with E-state index < -0.39 is 36.0 Å². The minimum Gasteiger partial charge on any atom is -0.227 e. The van der Waals surface area contributed by atoms with E-state index in [4.69, 9.17) is 5.26 Å². The van der Waals surface area contributed by atoms with Crippen LogP contribution in [0.15, 0.2) is 6.07 Å². The molecule has 0 spiro atoms. The maximum atomic E-state index is 12.2. The van der Waals surface area contributed by atoms with Crippen molar-refractivity contribution in [2.24, 2.45) is 0 Å². The Labute approximate surface area is 104 Å². The van der Waals surface area contributed by atoms with Crippen LogP contribution in [0.1, 0.15) is 31.1 Å². The Bertz CT molecular complexity index is 426. The van der Waals surface area contributed by atoms with Gasteiger partial charge in [-0.15, -0.1) is 0 Å². The Hall–Kier alpha value is -1.85. The molecule has 0 N–H and O–H groups in total. The van der Waals surface area contributed by atoms with Crippen LogP contribution in [0.4, 0.5) is 26.3 Å². The molecule has 9 heteroatoms. The summed E-state index contributed by atoms with van der Waals surface area (Å²) in [6.07, 6.45) is -10.8. The lowest BCUT2D eigenvalue weighted by Crippen LogP contribution is -2.17. The molecule has 0 aliphatic rings. The fraction of sp³-hybridized carbons (Fsp3) is 0.500. The molecule has 1 aromatic heterocycles. The van der Waals surface area contributed by atoms with Crippen LogP contribution in [0.2, 0.25) is 0 Å². The van der Waals surface area contributed by atoms with E-state index in [2.05, 4.69) is 9.97 Å².